The molecule has 0 unspecified atom stereocenters. The molecule has 1 heterocycles. The second-order valence-electron chi connectivity index (χ2n) is 6.70. The number of carbonyl (C=O) groups excluding carboxylic acids is 2. The number of amides is 1. The zero-order valence-electron chi connectivity index (χ0n) is 15.8. The van der Waals surface area contributed by atoms with E-state index in [2.05, 4.69) is 15.4 Å². The van der Waals surface area contributed by atoms with Crippen molar-refractivity contribution in [3.63, 3.8) is 0 Å². The summed E-state index contributed by atoms with van der Waals surface area (Å²) in [6, 6.07) is 6.83. The number of nitrogens with one attached hydrogen (secondary N) is 2. The topological polar surface area (TPSA) is 76.7 Å². The Morgan fingerprint density at radius 3 is 2.43 bits per heavy atom. The molecule has 9 heteroatoms. The number of ether oxygens (including phenoxy) is 2. The lowest BCUT2D eigenvalue weighted by molar-refractivity contribution is -0.208. The quantitative estimate of drug-likeness (QED) is 0.649. The molecule has 1 amide bonds. The van der Waals surface area contributed by atoms with Crippen molar-refractivity contribution in [3.8, 4) is 0 Å². The van der Waals surface area contributed by atoms with E-state index in [9.17, 15) is 22.8 Å². The number of alkyl halides is 3. The first-order valence-electron chi connectivity index (χ1n) is 9.03. The number of rotatable bonds is 8. The molecule has 1 aromatic carbocycles. The number of halogens is 3. The first-order chi connectivity index (χ1) is 13.3. The Bertz CT molecular complexity index is 648. The summed E-state index contributed by atoms with van der Waals surface area (Å²) in [6.45, 7) is 0.565. The SMILES string of the molecule is COC(=O)[C@H](Cc1ccccc1)NC(=O)[C@@H]([C@@H](OC)[C@@H]1CCCN1)C(F)(F)F. The number of hydrogen-bond donors (Lipinski definition) is 2. The third-order valence-corrected chi connectivity index (χ3v) is 4.82. The maximum atomic E-state index is 13.7. The van der Waals surface area contributed by atoms with Crippen LogP contribution < -0.4 is 10.6 Å². The molecule has 1 aliphatic rings. The molecule has 1 fully saturated rings. The molecule has 1 aliphatic heterocycles. The summed E-state index contributed by atoms with van der Waals surface area (Å²) in [7, 11) is 2.27. The van der Waals surface area contributed by atoms with Gasteiger partial charge in [-0.15, -0.1) is 0 Å². The van der Waals surface area contributed by atoms with Crippen LogP contribution in [0.5, 0.6) is 0 Å². The van der Waals surface area contributed by atoms with E-state index >= 15 is 0 Å². The minimum absolute atomic E-state index is 0.0170. The van der Waals surface area contributed by atoms with Gasteiger partial charge in [0.15, 0.2) is 5.92 Å². The highest BCUT2D eigenvalue weighted by atomic mass is 19.4. The van der Waals surface area contributed by atoms with Gasteiger partial charge in [-0.2, -0.15) is 13.2 Å². The van der Waals surface area contributed by atoms with Gasteiger partial charge in [-0.05, 0) is 24.9 Å². The van der Waals surface area contributed by atoms with E-state index in [1.165, 1.54) is 0 Å². The highest BCUT2D eigenvalue weighted by Gasteiger charge is 2.53. The summed E-state index contributed by atoms with van der Waals surface area (Å²) < 4.78 is 50.9. The Balaban J connectivity index is 2.21. The molecule has 2 N–H and O–H groups in total. The number of esters is 1. The Labute approximate surface area is 161 Å². The molecule has 6 nitrogen and oxygen atoms in total. The molecular weight excluding hydrogens is 377 g/mol. The van der Waals surface area contributed by atoms with Gasteiger partial charge in [0.25, 0.3) is 0 Å². The van der Waals surface area contributed by atoms with Crippen LogP contribution in [0, 0.1) is 5.92 Å². The van der Waals surface area contributed by atoms with E-state index < -0.39 is 42.2 Å². The molecule has 0 bridgehead atoms. The van der Waals surface area contributed by atoms with Crippen molar-refractivity contribution >= 4 is 11.9 Å². The molecule has 0 aromatic heterocycles. The lowest BCUT2D eigenvalue weighted by atomic mass is 9.92. The summed E-state index contributed by atoms with van der Waals surface area (Å²) in [6.07, 6.45) is -5.03. The largest absolute Gasteiger partial charge is 0.467 e. The fourth-order valence-electron chi connectivity index (χ4n) is 3.46. The predicted molar refractivity (Wildman–Crippen MR) is 95.5 cm³/mol. The number of benzene rings is 1. The molecule has 0 radical (unpaired) electrons. The lowest BCUT2D eigenvalue weighted by Gasteiger charge is -2.32. The first kappa shape index (κ1) is 22.2. The molecule has 156 valence electrons. The van der Waals surface area contributed by atoms with E-state index in [0.717, 1.165) is 14.2 Å². The molecule has 0 spiro atoms. The Morgan fingerprint density at radius 1 is 1.25 bits per heavy atom. The zero-order valence-corrected chi connectivity index (χ0v) is 15.8. The van der Waals surface area contributed by atoms with Gasteiger partial charge in [0, 0.05) is 19.6 Å². The average Bonchev–Trinajstić information content (AvgIpc) is 3.18. The molecule has 4 atom stereocenters. The van der Waals surface area contributed by atoms with Crippen LogP contribution in [-0.4, -0.2) is 57.0 Å². The van der Waals surface area contributed by atoms with Crippen molar-refractivity contribution in [2.75, 3.05) is 20.8 Å². The van der Waals surface area contributed by atoms with Crippen LogP contribution in [0.4, 0.5) is 13.2 Å². The summed E-state index contributed by atoms with van der Waals surface area (Å²) >= 11 is 0. The van der Waals surface area contributed by atoms with Crippen LogP contribution >= 0.6 is 0 Å². The van der Waals surface area contributed by atoms with E-state index in [1.54, 1.807) is 30.3 Å². The van der Waals surface area contributed by atoms with E-state index in [0.29, 0.717) is 24.9 Å². The number of hydrogen-bond acceptors (Lipinski definition) is 5. The summed E-state index contributed by atoms with van der Waals surface area (Å²) in [5.41, 5.74) is 0.683. The normalized spacial score (nSPS) is 20.2. The number of methoxy groups -OCH3 is 2. The van der Waals surface area contributed by atoms with Crippen LogP contribution in [0.15, 0.2) is 30.3 Å². The van der Waals surface area contributed by atoms with Gasteiger partial charge >= 0.3 is 12.1 Å². The van der Waals surface area contributed by atoms with Gasteiger partial charge in [0.1, 0.15) is 6.04 Å². The minimum Gasteiger partial charge on any atom is -0.467 e. The third-order valence-electron chi connectivity index (χ3n) is 4.82. The standard InChI is InChI=1S/C19H25F3N2O4/c1-27-16(13-9-6-10-23-13)15(19(20,21)22)17(25)24-14(18(26)28-2)11-12-7-4-3-5-8-12/h3-5,7-8,13-16,23H,6,9-11H2,1-2H3,(H,24,25)/t13-,14-,15+,16-/m0/s1. The van der Waals surface area contributed by atoms with Gasteiger partial charge < -0.3 is 20.1 Å². The summed E-state index contributed by atoms with van der Waals surface area (Å²) in [5, 5.41) is 5.17. The van der Waals surface area contributed by atoms with E-state index in [4.69, 9.17) is 4.74 Å². The molecule has 0 aliphatic carbocycles. The van der Waals surface area contributed by atoms with Crippen LogP contribution in [0.1, 0.15) is 18.4 Å². The van der Waals surface area contributed by atoms with Crippen LogP contribution in [0.2, 0.25) is 0 Å². The van der Waals surface area contributed by atoms with E-state index in [-0.39, 0.29) is 6.42 Å². The highest BCUT2D eigenvalue weighted by molar-refractivity contribution is 5.86. The van der Waals surface area contributed by atoms with Gasteiger partial charge in [0.05, 0.1) is 13.2 Å². The monoisotopic (exact) mass is 402 g/mol. The Hall–Kier alpha value is -2.13. The van der Waals surface area contributed by atoms with Gasteiger partial charge in [-0.1, -0.05) is 30.3 Å². The van der Waals surface area contributed by atoms with Gasteiger partial charge in [-0.25, -0.2) is 4.79 Å². The fraction of sp³-hybridized carbons (Fsp3) is 0.579. The maximum Gasteiger partial charge on any atom is 0.403 e. The lowest BCUT2D eigenvalue weighted by Crippen LogP contribution is -2.56. The zero-order chi connectivity index (χ0) is 20.7. The minimum atomic E-state index is -4.83. The van der Waals surface area contributed by atoms with Crippen LogP contribution in [0.25, 0.3) is 0 Å². The molecule has 2 rings (SSSR count). The first-order valence-corrected chi connectivity index (χ1v) is 9.03. The second kappa shape index (κ2) is 9.88. The van der Waals surface area contributed by atoms with Crippen LogP contribution in [-0.2, 0) is 25.5 Å². The van der Waals surface area contributed by atoms with Crippen molar-refractivity contribution in [2.24, 2.45) is 5.92 Å². The van der Waals surface area contributed by atoms with Crippen molar-refractivity contribution in [2.45, 2.75) is 43.6 Å². The summed E-state index contributed by atoms with van der Waals surface area (Å²) in [4.78, 5) is 24.7. The van der Waals surface area contributed by atoms with Gasteiger partial charge in [0.2, 0.25) is 5.91 Å². The fourth-order valence-corrected chi connectivity index (χ4v) is 3.46. The Kier molecular flexibility index (Phi) is 7.82. The van der Waals surface area contributed by atoms with E-state index in [1.807, 2.05) is 0 Å². The van der Waals surface area contributed by atoms with Crippen molar-refractivity contribution in [1.29, 1.82) is 0 Å². The Morgan fingerprint density at radius 2 is 1.93 bits per heavy atom. The number of carbonyl (C=O) groups is 2. The second-order valence-corrected chi connectivity index (χ2v) is 6.70. The van der Waals surface area contributed by atoms with Crippen molar-refractivity contribution in [1.82, 2.24) is 10.6 Å². The molecular formula is C19H25F3N2O4. The smallest absolute Gasteiger partial charge is 0.403 e. The van der Waals surface area contributed by atoms with Gasteiger partial charge in [-0.3, -0.25) is 4.79 Å². The highest BCUT2D eigenvalue weighted by Crippen LogP contribution is 2.33. The predicted octanol–water partition coefficient (Wildman–Crippen LogP) is 1.83. The molecule has 1 saturated heterocycles. The maximum absolute atomic E-state index is 13.7. The van der Waals surface area contributed by atoms with Crippen LogP contribution in [0.3, 0.4) is 0 Å². The third kappa shape index (κ3) is 5.68. The van der Waals surface area contributed by atoms with Crippen molar-refractivity contribution in [3.05, 3.63) is 35.9 Å². The molecule has 0 saturated carbocycles. The average molecular weight is 402 g/mol. The summed E-state index contributed by atoms with van der Waals surface area (Å²) in [5.74, 6) is -4.53. The van der Waals surface area contributed by atoms with Crippen molar-refractivity contribution < 1.29 is 32.2 Å². The molecule has 1 aromatic rings. The molecule has 28 heavy (non-hydrogen) atoms.